The minimum atomic E-state index is -3.74. The molecule has 1 aromatic carbocycles. The number of halogens is 1. The van der Waals surface area contributed by atoms with E-state index < -0.39 is 21.9 Å². The van der Waals surface area contributed by atoms with Gasteiger partial charge in [-0.3, -0.25) is 4.79 Å². The second-order valence-electron chi connectivity index (χ2n) is 5.45. The van der Waals surface area contributed by atoms with Crippen molar-refractivity contribution in [2.75, 3.05) is 6.54 Å². The fourth-order valence-electron chi connectivity index (χ4n) is 1.95. The molecule has 7 heteroatoms. The summed E-state index contributed by atoms with van der Waals surface area (Å²) in [6, 6.07) is 5.00. The molecule has 0 aromatic heterocycles. The smallest absolute Gasteiger partial charge is 0.307 e. The second kappa shape index (κ2) is 7.38. The predicted molar refractivity (Wildman–Crippen MR) is 84.6 cm³/mol. The fourth-order valence-corrected chi connectivity index (χ4v) is 4.07. The summed E-state index contributed by atoms with van der Waals surface area (Å²) >= 11 is 3.21. The molecule has 0 saturated heterocycles. The lowest BCUT2D eigenvalue weighted by atomic mass is 9.98. The predicted octanol–water partition coefficient (Wildman–Crippen LogP) is 2.78. The molecule has 1 atom stereocenters. The van der Waals surface area contributed by atoms with E-state index in [-0.39, 0.29) is 17.4 Å². The van der Waals surface area contributed by atoms with Crippen LogP contribution in [0.1, 0.15) is 25.8 Å². The maximum Gasteiger partial charge on any atom is 0.307 e. The van der Waals surface area contributed by atoms with Gasteiger partial charge in [-0.15, -0.1) is 0 Å². The van der Waals surface area contributed by atoms with Crippen molar-refractivity contribution in [2.24, 2.45) is 11.8 Å². The Morgan fingerprint density at radius 2 is 2.00 bits per heavy atom. The number of hydrogen-bond acceptors (Lipinski definition) is 3. The molecule has 0 heterocycles. The highest BCUT2D eigenvalue weighted by Gasteiger charge is 2.23. The minimum Gasteiger partial charge on any atom is -0.481 e. The monoisotopic (exact) mass is 377 g/mol. The van der Waals surface area contributed by atoms with Crippen molar-refractivity contribution >= 4 is 31.9 Å². The van der Waals surface area contributed by atoms with E-state index in [1.165, 1.54) is 0 Å². The van der Waals surface area contributed by atoms with Gasteiger partial charge in [0, 0.05) is 11.0 Å². The van der Waals surface area contributed by atoms with Crippen molar-refractivity contribution in [3.05, 3.63) is 28.2 Å². The number of nitrogens with one attached hydrogen (secondary N) is 1. The standard InChI is InChI=1S/C14H20BrNO4S/c1-9(2)6-11(14(17)18)8-16-21(19,20)13-7-10(3)4-5-12(13)15/h4-5,7,9,11,16H,6,8H2,1-3H3,(H,17,18). The molecule has 0 aliphatic heterocycles. The number of carbonyl (C=O) groups is 1. The highest BCUT2D eigenvalue weighted by atomic mass is 79.9. The molecule has 0 radical (unpaired) electrons. The van der Waals surface area contributed by atoms with Gasteiger partial charge < -0.3 is 5.11 Å². The number of aliphatic carboxylic acids is 1. The van der Waals surface area contributed by atoms with Crippen LogP contribution in [0.25, 0.3) is 0 Å². The van der Waals surface area contributed by atoms with Gasteiger partial charge in [-0.25, -0.2) is 13.1 Å². The lowest BCUT2D eigenvalue weighted by Gasteiger charge is -2.16. The molecule has 1 aromatic rings. The van der Waals surface area contributed by atoms with E-state index in [1.54, 1.807) is 25.1 Å². The van der Waals surface area contributed by atoms with Gasteiger partial charge >= 0.3 is 5.97 Å². The van der Waals surface area contributed by atoms with E-state index in [9.17, 15) is 13.2 Å². The first-order valence-electron chi connectivity index (χ1n) is 6.62. The Kier molecular flexibility index (Phi) is 6.37. The Hall–Kier alpha value is -0.920. The number of sulfonamides is 1. The van der Waals surface area contributed by atoms with Crippen LogP contribution in [0.15, 0.2) is 27.6 Å². The van der Waals surface area contributed by atoms with Crippen LogP contribution in [0.2, 0.25) is 0 Å². The summed E-state index contributed by atoms with van der Waals surface area (Å²) in [4.78, 5) is 11.3. The second-order valence-corrected chi connectivity index (χ2v) is 8.04. The van der Waals surface area contributed by atoms with Gasteiger partial charge in [-0.1, -0.05) is 19.9 Å². The number of benzene rings is 1. The number of rotatable bonds is 7. The molecule has 5 nitrogen and oxygen atoms in total. The average molecular weight is 378 g/mol. The number of hydrogen-bond donors (Lipinski definition) is 2. The molecule has 0 fully saturated rings. The van der Waals surface area contributed by atoms with E-state index >= 15 is 0 Å². The Morgan fingerprint density at radius 3 is 2.52 bits per heavy atom. The summed E-state index contributed by atoms with van der Waals surface area (Å²) < 4.78 is 27.4. The zero-order valence-electron chi connectivity index (χ0n) is 12.3. The third-order valence-corrected chi connectivity index (χ3v) is 5.42. The molecule has 2 N–H and O–H groups in total. The van der Waals surface area contributed by atoms with E-state index in [0.717, 1.165) is 5.56 Å². The summed E-state index contributed by atoms with van der Waals surface area (Å²) in [5.74, 6) is -1.54. The molecular formula is C14H20BrNO4S. The third-order valence-electron chi connectivity index (χ3n) is 3.00. The van der Waals surface area contributed by atoms with Gasteiger partial charge in [0.2, 0.25) is 10.0 Å². The normalized spacial score (nSPS) is 13.4. The average Bonchev–Trinajstić information content (AvgIpc) is 2.36. The highest BCUT2D eigenvalue weighted by molar-refractivity contribution is 9.10. The van der Waals surface area contributed by atoms with Gasteiger partial charge in [-0.05, 0) is 52.9 Å². The highest BCUT2D eigenvalue weighted by Crippen LogP contribution is 2.23. The van der Waals surface area contributed by atoms with Crippen LogP contribution in [0.5, 0.6) is 0 Å². The van der Waals surface area contributed by atoms with Gasteiger partial charge in [0.15, 0.2) is 0 Å². The Balaban J connectivity index is 2.89. The summed E-state index contributed by atoms with van der Waals surface area (Å²) in [6.45, 7) is 5.49. The first-order chi connectivity index (χ1) is 9.63. The molecular weight excluding hydrogens is 358 g/mol. The first kappa shape index (κ1) is 18.1. The molecule has 0 amide bonds. The fraction of sp³-hybridized carbons (Fsp3) is 0.500. The van der Waals surface area contributed by atoms with Crippen molar-refractivity contribution < 1.29 is 18.3 Å². The van der Waals surface area contributed by atoms with Crippen molar-refractivity contribution in [3.8, 4) is 0 Å². The van der Waals surface area contributed by atoms with Crippen LogP contribution in [-0.4, -0.2) is 26.0 Å². The van der Waals surface area contributed by atoms with Crippen LogP contribution >= 0.6 is 15.9 Å². The van der Waals surface area contributed by atoms with Gasteiger partial charge in [0.25, 0.3) is 0 Å². The van der Waals surface area contributed by atoms with Crippen LogP contribution in [0, 0.1) is 18.8 Å². The summed E-state index contributed by atoms with van der Waals surface area (Å²) in [7, 11) is -3.74. The molecule has 1 unspecified atom stereocenters. The van der Waals surface area contributed by atoms with Crippen molar-refractivity contribution in [3.63, 3.8) is 0 Å². The maximum absolute atomic E-state index is 12.3. The lowest BCUT2D eigenvalue weighted by Crippen LogP contribution is -2.33. The zero-order chi connectivity index (χ0) is 16.2. The largest absolute Gasteiger partial charge is 0.481 e. The number of carboxylic acids is 1. The Bertz CT molecular complexity index is 613. The van der Waals surface area contributed by atoms with Crippen LogP contribution in [0.4, 0.5) is 0 Å². The lowest BCUT2D eigenvalue weighted by molar-refractivity contribution is -0.142. The minimum absolute atomic E-state index is 0.115. The molecule has 21 heavy (non-hydrogen) atoms. The molecule has 0 aliphatic carbocycles. The molecule has 1 rings (SSSR count). The van der Waals surface area contributed by atoms with Crippen molar-refractivity contribution in [1.82, 2.24) is 4.72 Å². The van der Waals surface area contributed by atoms with Gasteiger partial charge in [0.05, 0.1) is 10.8 Å². The molecule has 118 valence electrons. The van der Waals surface area contributed by atoms with Crippen LogP contribution in [0.3, 0.4) is 0 Å². The van der Waals surface area contributed by atoms with E-state index in [0.29, 0.717) is 10.9 Å². The van der Waals surface area contributed by atoms with E-state index in [4.69, 9.17) is 5.11 Å². The van der Waals surface area contributed by atoms with Crippen molar-refractivity contribution in [1.29, 1.82) is 0 Å². The van der Waals surface area contributed by atoms with Crippen LogP contribution in [-0.2, 0) is 14.8 Å². The number of aryl methyl sites for hydroxylation is 1. The molecule has 0 bridgehead atoms. The summed E-state index contributed by atoms with van der Waals surface area (Å²) in [5.41, 5.74) is 0.815. The zero-order valence-corrected chi connectivity index (χ0v) is 14.7. The molecule has 0 spiro atoms. The maximum atomic E-state index is 12.3. The topological polar surface area (TPSA) is 83.5 Å². The summed E-state index contributed by atoms with van der Waals surface area (Å²) in [6.07, 6.45) is 0.423. The first-order valence-corrected chi connectivity index (χ1v) is 8.89. The van der Waals surface area contributed by atoms with Gasteiger partial charge in [0.1, 0.15) is 0 Å². The van der Waals surface area contributed by atoms with Gasteiger partial charge in [-0.2, -0.15) is 0 Å². The Morgan fingerprint density at radius 1 is 1.38 bits per heavy atom. The van der Waals surface area contributed by atoms with Crippen molar-refractivity contribution in [2.45, 2.75) is 32.1 Å². The Labute approximate surface area is 133 Å². The quantitative estimate of drug-likeness (QED) is 0.764. The van der Waals surface area contributed by atoms with E-state index in [1.807, 2.05) is 13.8 Å². The molecule has 0 saturated carbocycles. The summed E-state index contributed by atoms with van der Waals surface area (Å²) in [5, 5.41) is 9.14. The number of carboxylic acid groups (broad SMARTS) is 1. The third kappa shape index (κ3) is 5.41. The van der Waals surface area contributed by atoms with E-state index in [2.05, 4.69) is 20.7 Å². The SMILES string of the molecule is Cc1ccc(Br)c(S(=O)(=O)NCC(CC(C)C)C(=O)O)c1. The molecule has 0 aliphatic rings. The van der Waals surface area contributed by atoms with Crippen LogP contribution < -0.4 is 4.72 Å².